The lowest BCUT2D eigenvalue weighted by molar-refractivity contribution is -0.140. The molecule has 1 rings (SSSR count). The molecule has 1 heterocycles. The number of amides is 2. The van der Waals surface area contributed by atoms with Crippen LogP contribution < -0.4 is 16.0 Å². The summed E-state index contributed by atoms with van der Waals surface area (Å²) in [5.74, 6) is -2.57. The van der Waals surface area contributed by atoms with E-state index in [1.807, 2.05) is 0 Å². The lowest BCUT2D eigenvalue weighted by Gasteiger charge is -2.26. The van der Waals surface area contributed by atoms with Crippen molar-refractivity contribution in [3.8, 4) is 0 Å². The Hall–Kier alpha value is -2.38. The van der Waals surface area contributed by atoms with Gasteiger partial charge in [-0.15, -0.1) is 11.3 Å². The Bertz CT molecular complexity index is 728. The molecule has 2 amide bonds. The standard InChI is InChI=1S/C18H27F3N4O5S/c1-10(26)3-4-12(25-16(30)13(27)9-22-2)15(29)24-11(5-6-18(19,20)21)14(28)17-23-7-8-31-17/h7-12,14,22,26-28H,3-6H2,1-2H3,(H,24,29)(H,25,30)/b13-9-/t10?,11-,12-,14?/m0/s1. The van der Waals surface area contributed by atoms with Gasteiger partial charge in [0.2, 0.25) is 5.91 Å². The summed E-state index contributed by atoms with van der Waals surface area (Å²) in [6, 6.07) is -2.60. The Kier molecular flexibility index (Phi) is 10.7. The maximum absolute atomic E-state index is 12.7. The second-order valence-corrected chi connectivity index (χ2v) is 7.78. The van der Waals surface area contributed by atoms with Crippen LogP contribution in [0.1, 0.15) is 43.7 Å². The van der Waals surface area contributed by atoms with Crippen molar-refractivity contribution in [2.45, 2.75) is 63.1 Å². The first-order valence-corrected chi connectivity index (χ1v) is 10.3. The van der Waals surface area contributed by atoms with E-state index >= 15 is 0 Å². The van der Waals surface area contributed by atoms with Crippen LogP contribution in [0.25, 0.3) is 0 Å². The van der Waals surface area contributed by atoms with E-state index in [9.17, 15) is 38.1 Å². The van der Waals surface area contributed by atoms with Gasteiger partial charge < -0.3 is 31.3 Å². The summed E-state index contributed by atoms with van der Waals surface area (Å²) < 4.78 is 38.2. The number of carbonyl (C=O) groups excluding carboxylic acids is 2. The minimum Gasteiger partial charge on any atom is -0.502 e. The van der Waals surface area contributed by atoms with Gasteiger partial charge in [0.05, 0.1) is 12.1 Å². The molecule has 0 saturated heterocycles. The quantitative estimate of drug-likeness (QED) is 0.200. The molecule has 0 spiro atoms. The summed E-state index contributed by atoms with van der Waals surface area (Å²) in [5, 5.41) is 38.3. The monoisotopic (exact) mass is 468 g/mol. The van der Waals surface area contributed by atoms with Gasteiger partial charge in [0, 0.05) is 31.2 Å². The molecule has 1 aromatic heterocycles. The number of aliphatic hydroxyl groups excluding tert-OH is 3. The van der Waals surface area contributed by atoms with E-state index in [1.54, 1.807) is 0 Å². The topological polar surface area (TPSA) is 144 Å². The van der Waals surface area contributed by atoms with E-state index in [0.717, 1.165) is 17.5 Å². The lowest BCUT2D eigenvalue weighted by atomic mass is 10.0. The van der Waals surface area contributed by atoms with E-state index in [0.29, 0.717) is 0 Å². The van der Waals surface area contributed by atoms with Gasteiger partial charge >= 0.3 is 6.18 Å². The van der Waals surface area contributed by atoms with Gasteiger partial charge in [-0.2, -0.15) is 13.2 Å². The third-order valence-electron chi connectivity index (χ3n) is 4.16. The van der Waals surface area contributed by atoms with Crippen molar-refractivity contribution < 1.29 is 38.1 Å². The average molecular weight is 468 g/mol. The van der Waals surface area contributed by atoms with Gasteiger partial charge in [-0.25, -0.2) is 4.98 Å². The minimum absolute atomic E-state index is 0.0542. The number of nitrogens with one attached hydrogen (secondary N) is 3. The van der Waals surface area contributed by atoms with Crippen molar-refractivity contribution in [2.75, 3.05) is 7.05 Å². The van der Waals surface area contributed by atoms with Crippen molar-refractivity contribution in [3.05, 3.63) is 28.5 Å². The second-order valence-electron chi connectivity index (χ2n) is 6.85. The summed E-state index contributed by atoms with van der Waals surface area (Å²) in [6.07, 6.45) is -6.28. The minimum atomic E-state index is -4.50. The number of thiazole rings is 1. The van der Waals surface area contributed by atoms with Crippen molar-refractivity contribution in [2.24, 2.45) is 0 Å². The van der Waals surface area contributed by atoms with Gasteiger partial charge in [-0.05, 0) is 26.2 Å². The van der Waals surface area contributed by atoms with Crippen LogP contribution in [-0.2, 0) is 9.59 Å². The van der Waals surface area contributed by atoms with Gasteiger partial charge in [-0.1, -0.05) is 0 Å². The Morgan fingerprint density at radius 1 is 1.23 bits per heavy atom. The highest BCUT2D eigenvalue weighted by Crippen LogP contribution is 2.27. The zero-order valence-corrected chi connectivity index (χ0v) is 17.8. The SMILES string of the molecule is CN/C=C(\O)C(=O)N[C@@H](CCC(C)O)C(=O)N[C@@H](CCC(F)(F)F)C(O)c1nccs1. The first kappa shape index (κ1) is 26.7. The zero-order chi connectivity index (χ0) is 23.6. The first-order chi connectivity index (χ1) is 14.4. The van der Waals surface area contributed by atoms with Crippen molar-refractivity contribution in [3.63, 3.8) is 0 Å². The number of hydrogen-bond donors (Lipinski definition) is 6. The molecule has 31 heavy (non-hydrogen) atoms. The molecule has 0 bridgehead atoms. The highest BCUT2D eigenvalue weighted by atomic mass is 32.1. The number of carbonyl (C=O) groups is 2. The van der Waals surface area contributed by atoms with Crippen LogP contribution in [0.2, 0.25) is 0 Å². The molecule has 0 saturated carbocycles. The molecule has 0 aliphatic rings. The van der Waals surface area contributed by atoms with Crippen LogP contribution in [0, 0.1) is 0 Å². The Labute approximate surface area is 181 Å². The normalized spacial score (nSPS) is 16.2. The Morgan fingerprint density at radius 2 is 1.90 bits per heavy atom. The number of hydrogen-bond acceptors (Lipinski definition) is 8. The first-order valence-electron chi connectivity index (χ1n) is 9.44. The second kappa shape index (κ2) is 12.5. The van der Waals surface area contributed by atoms with Gasteiger partial charge in [0.15, 0.2) is 5.76 Å². The number of aromatic nitrogens is 1. The summed E-state index contributed by atoms with van der Waals surface area (Å²) in [7, 11) is 1.44. The molecule has 6 N–H and O–H groups in total. The van der Waals surface area contributed by atoms with Crippen LogP contribution in [0.15, 0.2) is 23.5 Å². The van der Waals surface area contributed by atoms with Crippen LogP contribution >= 0.6 is 11.3 Å². The van der Waals surface area contributed by atoms with Crippen LogP contribution in [0.5, 0.6) is 0 Å². The fourth-order valence-electron chi connectivity index (χ4n) is 2.58. The number of halogens is 3. The molecule has 9 nitrogen and oxygen atoms in total. The number of nitrogens with zero attached hydrogens (tertiary/aromatic N) is 1. The molecule has 13 heteroatoms. The molecule has 2 unspecified atom stereocenters. The van der Waals surface area contributed by atoms with E-state index in [1.165, 1.54) is 25.5 Å². The highest BCUT2D eigenvalue weighted by molar-refractivity contribution is 7.09. The van der Waals surface area contributed by atoms with Crippen LogP contribution in [0.3, 0.4) is 0 Å². The van der Waals surface area contributed by atoms with Crippen molar-refractivity contribution in [1.82, 2.24) is 20.9 Å². The third kappa shape index (κ3) is 9.98. The number of aliphatic hydroxyl groups is 3. The maximum atomic E-state index is 12.7. The predicted octanol–water partition coefficient (Wildman–Crippen LogP) is 1.27. The smallest absolute Gasteiger partial charge is 0.389 e. The van der Waals surface area contributed by atoms with Crippen molar-refractivity contribution >= 4 is 23.2 Å². The van der Waals surface area contributed by atoms with E-state index in [4.69, 9.17) is 0 Å². The Morgan fingerprint density at radius 3 is 2.42 bits per heavy atom. The van der Waals surface area contributed by atoms with E-state index < -0.39 is 60.9 Å². The molecule has 0 aromatic carbocycles. The van der Waals surface area contributed by atoms with Gasteiger partial charge in [-0.3, -0.25) is 9.59 Å². The molecule has 1 aromatic rings. The van der Waals surface area contributed by atoms with Gasteiger partial charge in [0.25, 0.3) is 5.91 Å². The molecule has 4 atom stereocenters. The summed E-state index contributed by atoms with van der Waals surface area (Å²) >= 11 is 1.02. The summed E-state index contributed by atoms with van der Waals surface area (Å²) in [5.41, 5.74) is 0. The molecule has 0 radical (unpaired) electrons. The molecular weight excluding hydrogens is 441 g/mol. The Balaban J connectivity index is 3.00. The van der Waals surface area contributed by atoms with Crippen LogP contribution in [0.4, 0.5) is 13.2 Å². The van der Waals surface area contributed by atoms with Crippen LogP contribution in [-0.4, -0.2) is 63.5 Å². The largest absolute Gasteiger partial charge is 0.502 e. The summed E-state index contributed by atoms with van der Waals surface area (Å²) in [4.78, 5) is 28.7. The summed E-state index contributed by atoms with van der Waals surface area (Å²) in [6.45, 7) is 1.47. The molecule has 0 fully saturated rings. The fraction of sp³-hybridized carbons (Fsp3) is 0.611. The van der Waals surface area contributed by atoms with E-state index in [2.05, 4.69) is 20.9 Å². The molecule has 0 aliphatic carbocycles. The number of rotatable bonds is 12. The highest BCUT2D eigenvalue weighted by Gasteiger charge is 2.34. The third-order valence-corrected chi connectivity index (χ3v) is 5.01. The van der Waals surface area contributed by atoms with Gasteiger partial charge in [0.1, 0.15) is 17.2 Å². The van der Waals surface area contributed by atoms with E-state index in [-0.39, 0.29) is 17.8 Å². The predicted molar refractivity (Wildman–Crippen MR) is 107 cm³/mol. The maximum Gasteiger partial charge on any atom is 0.389 e. The number of alkyl halides is 3. The lowest BCUT2D eigenvalue weighted by Crippen LogP contribution is -2.51. The van der Waals surface area contributed by atoms with Crippen molar-refractivity contribution in [1.29, 1.82) is 0 Å². The molecule has 176 valence electrons. The molecular formula is C18H27F3N4O5S. The fourth-order valence-corrected chi connectivity index (χ4v) is 3.26. The molecule has 0 aliphatic heterocycles. The zero-order valence-electron chi connectivity index (χ0n) is 17.0. The average Bonchev–Trinajstić information content (AvgIpc) is 3.21.